The molecule has 0 aromatic carbocycles. The molecule has 0 saturated heterocycles. The number of hydrogen-bond acceptors (Lipinski definition) is 4. The third-order valence-electron chi connectivity index (χ3n) is 12.3. The molecule has 4 rings (SSSR count). The summed E-state index contributed by atoms with van der Waals surface area (Å²) in [6.45, 7) is 17.7. The minimum Gasteiger partial charge on any atom is -0.299 e. The van der Waals surface area contributed by atoms with Crippen LogP contribution in [0.1, 0.15) is 113 Å². The van der Waals surface area contributed by atoms with Crippen molar-refractivity contribution in [3.63, 3.8) is 0 Å². The van der Waals surface area contributed by atoms with Crippen LogP contribution in [0, 0.1) is 72.9 Å². The first kappa shape index (κ1) is 27.1. The van der Waals surface area contributed by atoms with Crippen molar-refractivity contribution in [3.05, 3.63) is 11.6 Å². The van der Waals surface area contributed by atoms with Crippen LogP contribution >= 0.6 is 0 Å². The Morgan fingerprint density at radius 1 is 0.778 bits per heavy atom. The summed E-state index contributed by atoms with van der Waals surface area (Å²) in [4.78, 5) is 27.3. The van der Waals surface area contributed by atoms with Crippen molar-refractivity contribution in [2.75, 3.05) is 0 Å². The number of allylic oxidation sites excluding steroid dienone is 2. The lowest BCUT2D eigenvalue weighted by atomic mass is 9.35. The van der Waals surface area contributed by atoms with Gasteiger partial charge in [-0.2, -0.15) is 10.5 Å². The summed E-state index contributed by atoms with van der Waals surface area (Å²) >= 11 is 0. The topological polar surface area (TPSA) is 81.7 Å². The second-order valence-electron chi connectivity index (χ2n) is 15.2. The molecule has 0 radical (unpaired) electrons. The van der Waals surface area contributed by atoms with Crippen LogP contribution in [-0.2, 0) is 9.59 Å². The molecule has 196 valence electrons. The second kappa shape index (κ2) is 8.28. The second-order valence-corrected chi connectivity index (χ2v) is 15.2. The van der Waals surface area contributed by atoms with E-state index in [0.717, 1.165) is 51.4 Å². The maximum atomic E-state index is 14.1. The van der Waals surface area contributed by atoms with E-state index in [4.69, 9.17) is 0 Å². The van der Waals surface area contributed by atoms with Gasteiger partial charge in [-0.15, -0.1) is 0 Å². The third-order valence-corrected chi connectivity index (χ3v) is 12.3. The number of nitrogens with zero attached hydrogens (tertiary/aromatic N) is 2. The van der Waals surface area contributed by atoms with Gasteiger partial charge in [0.2, 0.25) is 0 Å². The summed E-state index contributed by atoms with van der Waals surface area (Å²) in [5.74, 6) is 0.504. The van der Waals surface area contributed by atoms with E-state index in [9.17, 15) is 20.1 Å². The first-order chi connectivity index (χ1) is 16.5. The van der Waals surface area contributed by atoms with Gasteiger partial charge in [-0.3, -0.25) is 9.59 Å². The largest absolute Gasteiger partial charge is 0.299 e. The van der Waals surface area contributed by atoms with Crippen molar-refractivity contribution >= 4 is 11.6 Å². The van der Waals surface area contributed by atoms with Gasteiger partial charge in [0.25, 0.3) is 0 Å². The van der Waals surface area contributed by atoms with Gasteiger partial charge in [0.1, 0.15) is 11.9 Å². The van der Waals surface area contributed by atoms with Gasteiger partial charge in [0.05, 0.1) is 17.1 Å². The van der Waals surface area contributed by atoms with E-state index in [-0.39, 0.29) is 56.2 Å². The standard InChI is InChI=1S/C32H46N2O2/c1-27(2)11-9-22-23(35)17-25-30(6)18-21(19-33)26(36)28(3,4)24(30)10-12-32(25,8)31(22,7)16-15-29(5,20-34)14-13-27/h18,22,24-25H,9-17H2,1-8H3/t22?,24-,25+,29-,30-,31+,32+/m0/s1. The molecular weight excluding hydrogens is 444 g/mol. The van der Waals surface area contributed by atoms with Crippen LogP contribution in [0.25, 0.3) is 0 Å². The highest BCUT2D eigenvalue weighted by Crippen LogP contribution is 2.72. The molecule has 3 fully saturated rings. The molecule has 0 amide bonds. The van der Waals surface area contributed by atoms with Crippen molar-refractivity contribution in [2.45, 2.75) is 113 Å². The monoisotopic (exact) mass is 490 g/mol. The van der Waals surface area contributed by atoms with Crippen LogP contribution < -0.4 is 0 Å². The highest BCUT2D eigenvalue weighted by atomic mass is 16.1. The quantitative estimate of drug-likeness (QED) is 0.350. The Balaban J connectivity index is 1.86. The molecule has 0 bridgehead atoms. The Bertz CT molecular complexity index is 1090. The van der Waals surface area contributed by atoms with Crippen LogP contribution in [0.4, 0.5) is 0 Å². The Labute approximate surface area is 218 Å². The van der Waals surface area contributed by atoms with Crippen LogP contribution in [0.5, 0.6) is 0 Å². The number of hydrogen-bond donors (Lipinski definition) is 0. The molecule has 0 spiro atoms. The highest BCUT2D eigenvalue weighted by Gasteiger charge is 2.68. The highest BCUT2D eigenvalue weighted by molar-refractivity contribution is 6.04. The average molecular weight is 491 g/mol. The fourth-order valence-corrected chi connectivity index (χ4v) is 9.37. The van der Waals surface area contributed by atoms with Crippen molar-refractivity contribution in [3.8, 4) is 12.1 Å². The van der Waals surface area contributed by atoms with E-state index < -0.39 is 5.41 Å². The fourth-order valence-electron chi connectivity index (χ4n) is 9.37. The van der Waals surface area contributed by atoms with Crippen LogP contribution in [-0.4, -0.2) is 11.6 Å². The Hall–Kier alpha value is -1.94. The van der Waals surface area contributed by atoms with E-state index in [0.29, 0.717) is 12.2 Å². The van der Waals surface area contributed by atoms with Gasteiger partial charge >= 0.3 is 0 Å². The van der Waals surface area contributed by atoms with Gasteiger partial charge in [-0.25, -0.2) is 0 Å². The average Bonchev–Trinajstić information content (AvgIpc) is 2.80. The molecule has 0 aromatic heterocycles. The van der Waals surface area contributed by atoms with E-state index in [1.165, 1.54) is 0 Å². The van der Waals surface area contributed by atoms with E-state index in [1.807, 2.05) is 19.9 Å². The number of Topliss-reactive ketones (excluding diaryl/α,β-unsaturated/α-hetero) is 2. The molecule has 0 aliphatic heterocycles. The number of fused-ring (bicyclic) bond motifs is 5. The molecule has 36 heavy (non-hydrogen) atoms. The minimum absolute atomic E-state index is 0.00290. The van der Waals surface area contributed by atoms with Gasteiger partial charge in [0, 0.05) is 17.8 Å². The lowest BCUT2D eigenvalue weighted by molar-refractivity contribution is -0.191. The predicted octanol–water partition coefficient (Wildman–Crippen LogP) is 7.59. The number of rotatable bonds is 0. The van der Waals surface area contributed by atoms with Crippen LogP contribution in [0.15, 0.2) is 11.6 Å². The molecule has 4 nitrogen and oxygen atoms in total. The minimum atomic E-state index is -0.615. The smallest absolute Gasteiger partial charge is 0.178 e. The van der Waals surface area contributed by atoms with E-state index in [1.54, 1.807) is 0 Å². The van der Waals surface area contributed by atoms with Crippen molar-refractivity contribution in [1.82, 2.24) is 0 Å². The summed E-state index contributed by atoms with van der Waals surface area (Å²) in [6.07, 6.45) is 9.91. The molecule has 3 saturated carbocycles. The van der Waals surface area contributed by atoms with Gasteiger partial charge in [0.15, 0.2) is 5.78 Å². The predicted molar refractivity (Wildman–Crippen MR) is 141 cm³/mol. The molecule has 0 heterocycles. The maximum Gasteiger partial charge on any atom is 0.178 e. The Morgan fingerprint density at radius 2 is 1.42 bits per heavy atom. The molecule has 0 N–H and O–H groups in total. The number of nitriles is 2. The van der Waals surface area contributed by atoms with Crippen molar-refractivity contribution < 1.29 is 9.59 Å². The van der Waals surface area contributed by atoms with Gasteiger partial charge in [-0.05, 0) is 91.8 Å². The molecule has 1 unspecified atom stereocenters. The van der Waals surface area contributed by atoms with Crippen molar-refractivity contribution in [2.24, 2.45) is 50.2 Å². The summed E-state index contributed by atoms with van der Waals surface area (Å²) in [5.41, 5.74) is -1.34. The third kappa shape index (κ3) is 3.73. The SMILES string of the molecule is CC1(C)CCC2C(=O)C[C@@H]3[C@@]4(C)C=C(C#N)C(=O)C(C)(C)[C@@H]4CC[C@@]3(C)[C@]2(C)CC[C@@](C)(C#N)CC1. The van der Waals surface area contributed by atoms with E-state index >= 15 is 0 Å². The number of ketones is 2. The summed E-state index contributed by atoms with van der Waals surface area (Å²) < 4.78 is 0. The lowest BCUT2D eigenvalue weighted by Crippen LogP contribution is -2.65. The van der Waals surface area contributed by atoms with Gasteiger partial charge < -0.3 is 0 Å². The van der Waals surface area contributed by atoms with Crippen molar-refractivity contribution in [1.29, 1.82) is 10.5 Å². The summed E-state index contributed by atoms with van der Waals surface area (Å²) in [5, 5.41) is 20.0. The molecule has 7 atom stereocenters. The van der Waals surface area contributed by atoms with Crippen LogP contribution in [0.2, 0.25) is 0 Å². The zero-order chi connectivity index (χ0) is 26.9. The molecule has 4 heteroatoms. The summed E-state index contributed by atoms with van der Waals surface area (Å²) in [7, 11) is 0. The van der Waals surface area contributed by atoms with E-state index in [2.05, 4.69) is 53.7 Å². The molecule has 0 aromatic rings. The van der Waals surface area contributed by atoms with Crippen LogP contribution in [0.3, 0.4) is 0 Å². The Morgan fingerprint density at radius 3 is 2.03 bits per heavy atom. The normalized spacial score (nSPS) is 46.2. The zero-order valence-corrected chi connectivity index (χ0v) is 23.9. The fraction of sp³-hybridized carbons (Fsp3) is 0.812. The molecule has 4 aliphatic carbocycles. The Kier molecular flexibility index (Phi) is 6.23. The lowest BCUT2D eigenvalue weighted by Gasteiger charge is -2.68. The molecule has 4 aliphatic rings. The molecular formula is C32H46N2O2. The first-order valence-electron chi connectivity index (χ1n) is 14.1. The maximum absolute atomic E-state index is 14.1. The zero-order valence-electron chi connectivity index (χ0n) is 23.9. The number of carbonyl (C=O) groups is 2. The first-order valence-corrected chi connectivity index (χ1v) is 14.1. The summed E-state index contributed by atoms with van der Waals surface area (Å²) in [6, 6.07) is 4.86. The van der Waals surface area contributed by atoms with Gasteiger partial charge in [-0.1, -0.05) is 54.5 Å². The number of carbonyl (C=O) groups excluding carboxylic acids is 2.